The van der Waals surface area contributed by atoms with E-state index < -0.39 is 26.3 Å². The van der Waals surface area contributed by atoms with Crippen LogP contribution < -0.4 is 5.73 Å². The predicted octanol–water partition coefficient (Wildman–Crippen LogP) is 1.50. The molecular formula is C11H14F3NO3S. The summed E-state index contributed by atoms with van der Waals surface area (Å²) in [5.74, 6) is 0. The Morgan fingerprint density at radius 1 is 1.32 bits per heavy atom. The van der Waals surface area contributed by atoms with Crippen LogP contribution in [-0.2, 0) is 21.0 Å². The van der Waals surface area contributed by atoms with Gasteiger partial charge in [-0.2, -0.15) is 13.2 Å². The van der Waals surface area contributed by atoms with Gasteiger partial charge in [0, 0.05) is 13.2 Å². The van der Waals surface area contributed by atoms with Crippen molar-refractivity contribution in [3.8, 4) is 0 Å². The van der Waals surface area contributed by atoms with Gasteiger partial charge in [-0.3, -0.25) is 0 Å². The lowest BCUT2D eigenvalue weighted by Gasteiger charge is -2.15. The molecule has 0 radical (unpaired) electrons. The SMILES string of the molecule is COCC(N)Cc1ccccc1S(=O)(=O)C(F)(F)F. The van der Waals surface area contributed by atoms with E-state index in [1.54, 1.807) is 0 Å². The van der Waals surface area contributed by atoms with Gasteiger partial charge in [0.1, 0.15) is 0 Å². The van der Waals surface area contributed by atoms with Crippen LogP contribution in [0.4, 0.5) is 13.2 Å². The van der Waals surface area contributed by atoms with Crippen LogP contribution in [0.3, 0.4) is 0 Å². The van der Waals surface area contributed by atoms with Gasteiger partial charge in [-0.25, -0.2) is 8.42 Å². The second-order valence-electron chi connectivity index (χ2n) is 3.98. The maximum absolute atomic E-state index is 12.5. The summed E-state index contributed by atoms with van der Waals surface area (Å²) in [5.41, 5.74) is 0.343. The Balaban J connectivity index is 3.17. The third kappa shape index (κ3) is 3.68. The Hall–Kier alpha value is -1.12. The Bertz CT molecular complexity index is 528. The number of rotatable bonds is 5. The monoisotopic (exact) mass is 297 g/mol. The number of benzene rings is 1. The van der Waals surface area contributed by atoms with Crippen molar-refractivity contribution in [3.05, 3.63) is 29.8 Å². The molecular weight excluding hydrogens is 283 g/mol. The maximum Gasteiger partial charge on any atom is 0.501 e. The van der Waals surface area contributed by atoms with Gasteiger partial charge < -0.3 is 10.5 Å². The summed E-state index contributed by atoms with van der Waals surface area (Å²) < 4.78 is 65.2. The molecule has 0 aliphatic carbocycles. The van der Waals surface area contributed by atoms with Gasteiger partial charge in [-0.15, -0.1) is 0 Å². The van der Waals surface area contributed by atoms with Gasteiger partial charge in [0.15, 0.2) is 0 Å². The molecule has 1 aromatic carbocycles. The highest BCUT2D eigenvalue weighted by Crippen LogP contribution is 2.32. The summed E-state index contributed by atoms with van der Waals surface area (Å²) in [7, 11) is -3.96. The first-order chi connectivity index (χ1) is 8.70. The van der Waals surface area contributed by atoms with E-state index in [0.29, 0.717) is 0 Å². The number of methoxy groups -OCH3 is 1. The summed E-state index contributed by atoms with van der Waals surface area (Å²) in [5, 5.41) is 0. The molecule has 0 heterocycles. The molecule has 0 fully saturated rings. The number of ether oxygens (including phenoxy) is 1. The summed E-state index contributed by atoms with van der Waals surface area (Å²) in [4.78, 5) is -0.756. The highest BCUT2D eigenvalue weighted by Gasteiger charge is 2.47. The first-order valence-corrected chi connectivity index (χ1v) is 6.82. The minimum absolute atomic E-state index is 0.0146. The van der Waals surface area contributed by atoms with Gasteiger partial charge in [-0.05, 0) is 18.1 Å². The number of hydrogen-bond acceptors (Lipinski definition) is 4. The van der Waals surface area contributed by atoms with Crippen molar-refractivity contribution < 1.29 is 26.3 Å². The average Bonchev–Trinajstić information content (AvgIpc) is 2.28. The fourth-order valence-electron chi connectivity index (χ4n) is 1.61. The van der Waals surface area contributed by atoms with Crippen molar-refractivity contribution in [2.75, 3.05) is 13.7 Å². The Kier molecular flexibility index (Phi) is 4.94. The minimum Gasteiger partial charge on any atom is -0.383 e. The van der Waals surface area contributed by atoms with Crippen molar-refractivity contribution in [3.63, 3.8) is 0 Å². The topological polar surface area (TPSA) is 69.4 Å². The molecule has 8 heteroatoms. The molecule has 1 aromatic rings. The smallest absolute Gasteiger partial charge is 0.383 e. The van der Waals surface area contributed by atoms with Crippen LogP contribution in [0.1, 0.15) is 5.56 Å². The third-order valence-corrected chi connectivity index (χ3v) is 4.02. The van der Waals surface area contributed by atoms with Gasteiger partial charge in [0.2, 0.25) is 0 Å². The van der Waals surface area contributed by atoms with E-state index in [4.69, 9.17) is 10.5 Å². The highest BCUT2D eigenvalue weighted by molar-refractivity contribution is 7.92. The van der Waals surface area contributed by atoms with Crippen molar-refractivity contribution in [2.24, 2.45) is 5.73 Å². The lowest BCUT2D eigenvalue weighted by Crippen LogP contribution is -2.30. The third-order valence-electron chi connectivity index (χ3n) is 2.43. The van der Waals surface area contributed by atoms with E-state index in [2.05, 4.69) is 0 Å². The number of hydrogen-bond donors (Lipinski definition) is 1. The lowest BCUT2D eigenvalue weighted by atomic mass is 10.1. The highest BCUT2D eigenvalue weighted by atomic mass is 32.2. The molecule has 108 valence electrons. The quantitative estimate of drug-likeness (QED) is 0.894. The van der Waals surface area contributed by atoms with E-state index in [1.165, 1.54) is 25.3 Å². The Morgan fingerprint density at radius 3 is 2.42 bits per heavy atom. The zero-order valence-electron chi connectivity index (χ0n) is 10.1. The van der Waals surface area contributed by atoms with Crippen LogP contribution in [0.15, 0.2) is 29.2 Å². The molecule has 0 saturated carbocycles. The minimum atomic E-state index is -5.36. The standard InChI is InChI=1S/C11H14F3NO3S/c1-18-7-9(15)6-8-4-2-3-5-10(8)19(16,17)11(12,13)14/h2-5,9H,6-7,15H2,1H3. The second kappa shape index (κ2) is 5.89. The summed E-state index contributed by atoms with van der Waals surface area (Å²) in [6.45, 7) is 0.125. The molecule has 0 bridgehead atoms. The molecule has 2 N–H and O–H groups in total. The molecule has 0 aromatic heterocycles. The van der Waals surface area contributed by atoms with E-state index in [-0.39, 0.29) is 18.6 Å². The molecule has 0 aliphatic heterocycles. The van der Waals surface area contributed by atoms with Crippen molar-refractivity contribution in [2.45, 2.75) is 22.9 Å². The first-order valence-electron chi connectivity index (χ1n) is 5.34. The predicted molar refractivity (Wildman–Crippen MR) is 63.2 cm³/mol. The van der Waals surface area contributed by atoms with Gasteiger partial charge >= 0.3 is 5.51 Å². The molecule has 0 saturated heterocycles. The van der Waals surface area contributed by atoms with Crippen molar-refractivity contribution in [1.29, 1.82) is 0 Å². The zero-order valence-corrected chi connectivity index (χ0v) is 11.0. The fourth-order valence-corrected chi connectivity index (χ4v) is 2.62. The number of alkyl halides is 3. The molecule has 1 unspecified atom stereocenters. The van der Waals surface area contributed by atoms with Crippen LogP contribution >= 0.6 is 0 Å². The largest absolute Gasteiger partial charge is 0.501 e. The first kappa shape index (κ1) is 15.9. The second-order valence-corrected chi connectivity index (χ2v) is 5.89. The zero-order chi connectivity index (χ0) is 14.7. The molecule has 4 nitrogen and oxygen atoms in total. The Morgan fingerprint density at radius 2 is 1.89 bits per heavy atom. The molecule has 1 rings (SSSR count). The molecule has 19 heavy (non-hydrogen) atoms. The fraction of sp³-hybridized carbons (Fsp3) is 0.455. The van der Waals surface area contributed by atoms with Crippen LogP contribution in [-0.4, -0.2) is 33.7 Å². The van der Waals surface area contributed by atoms with Crippen molar-refractivity contribution >= 4 is 9.84 Å². The number of sulfone groups is 1. The maximum atomic E-state index is 12.5. The molecule has 1 atom stereocenters. The average molecular weight is 297 g/mol. The van der Waals surface area contributed by atoms with Crippen LogP contribution in [0.2, 0.25) is 0 Å². The molecule has 0 amide bonds. The number of nitrogens with two attached hydrogens (primary N) is 1. The normalized spacial score (nSPS) is 14.4. The van der Waals surface area contributed by atoms with Crippen molar-refractivity contribution in [1.82, 2.24) is 0 Å². The summed E-state index contributed by atoms with van der Waals surface area (Å²) in [6, 6.07) is 4.37. The van der Waals surface area contributed by atoms with Crippen LogP contribution in [0.25, 0.3) is 0 Å². The van der Waals surface area contributed by atoms with Crippen LogP contribution in [0, 0.1) is 0 Å². The van der Waals surface area contributed by atoms with E-state index in [0.717, 1.165) is 6.07 Å². The lowest BCUT2D eigenvalue weighted by molar-refractivity contribution is -0.0436. The van der Waals surface area contributed by atoms with E-state index >= 15 is 0 Å². The summed E-state index contributed by atoms with van der Waals surface area (Å²) in [6.07, 6.45) is -0.0146. The van der Waals surface area contributed by atoms with Gasteiger partial charge in [-0.1, -0.05) is 18.2 Å². The van der Waals surface area contributed by atoms with E-state index in [1.807, 2.05) is 0 Å². The number of halogens is 3. The molecule has 0 aliphatic rings. The van der Waals surface area contributed by atoms with Gasteiger partial charge in [0.25, 0.3) is 9.84 Å². The Labute approximate surface area is 109 Å². The van der Waals surface area contributed by atoms with E-state index in [9.17, 15) is 21.6 Å². The summed E-state index contributed by atoms with van der Waals surface area (Å²) >= 11 is 0. The van der Waals surface area contributed by atoms with Gasteiger partial charge in [0.05, 0.1) is 11.5 Å². The van der Waals surface area contributed by atoms with Crippen LogP contribution in [0.5, 0.6) is 0 Å². The molecule has 0 spiro atoms.